The molecule has 148 valence electrons. The van der Waals surface area contributed by atoms with Crippen LogP contribution in [0.1, 0.15) is 11.1 Å². The minimum atomic E-state index is -0.623. The zero-order valence-electron chi connectivity index (χ0n) is 16.6. The van der Waals surface area contributed by atoms with Crippen molar-refractivity contribution >= 4 is 23.2 Å². The van der Waals surface area contributed by atoms with E-state index in [1.807, 2.05) is 38.1 Å². The highest BCUT2D eigenvalue weighted by atomic mass is 16.2. The lowest BCUT2D eigenvalue weighted by Crippen LogP contribution is -2.49. The van der Waals surface area contributed by atoms with Gasteiger partial charge in [0.1, 0.15) is 0 Å². The minimum absolute atomic E-state index is 0.463. The van der Waals surface area contributed by atoms with Gasteiger partial charge in [-0.25, -0.2) is 0 Å². The van der Waals surface area contributed by atoms with Gasteiger partial charge in [0.05, 0.1) is 0 Å². The summed E-state index contributed by atoms with van der Waals surface area (Å²) in [6.07, 6.45) is 0. The number of amides is 2. The third-order valence-corrected chi connectivity index (χ3v) is 5.05. The van der Waals surface area contributed by atoms with Gasteiger partial charge in [0.25, 0.3) is 0 Å². The molecule has 28 heavy (non-hydrogen) atoms. The number of rotatable bonds is 5. The number of piperazine rings is 1. The molecule has 6 nitrogen and oxygen atoms in total. The van der Waals surface area contributed by atoms with Gasteiger partial charge in [-0.1, -0.05) is 30.3 Å². The maximum atomic E-state index is 12.1. The molecule has 2 N–H and O–H groups in total. The van der Waals surface area contributed by atoms with Crippen LogP contribution in [-0.4, -0.2) is 56.0 Å². The Morgan fingerprint density at radius 1 is 0.929 bits per heavy atom. The number of hydrogen-bond acceptors (Lipinski definition) is 4. The van der Waals surface area contributed by atoms with Crippen LogP contribution >= 0.6 is 0 Å². The molecule has 6 heteroatoms. The second kappa shape index (κ2) is 9.37. The van der Waals surface area contributed by atoms with E-state index in [-0.39, 0.29) is 0 Å². The van der Waals surface area contributed by atoms with Crippen LogP contribution in [0, 0.1) is 13.8 Å². The van der Waals surface area contributed by atoms with Crippen molar-refractivity contribution in [3.63, 3.8) is 0 Å². The maximum absolute atomic E-state index is 12.1. The summed E-state index contributed by atoms with van der Waals surface area (Å²) in [5, 5.41) is 5.41. The Bertz CT molecular complexity index is 815. The molecule has 0 unspecified atom stereocenters. The lowest BCUT2D eigenvalue weighted by Gasteiger charge is -2.36. The highest BCUT2D eigenvalue weighted by Gasteiger charge is 2.18. The first kappa shape index (κ1) is 19.9. The second-order valence-electron chi connectivity index (χ2n) is 7.19. The fourth-order valence-electron chi connectivity index (χ4n) is 3.33. The van der Waals surface area contributed by atoms with Gasteiger partial charge in [0, 0.05) is 50.6 Å². The standard InChI is InChI=1S/C22H28N4O2/c1-17-8-9-18(2)20(16-17)24-22(28)21(27)23-10-11-25-12-14-26(15-13-25)19-6-4-3-5-7-19/h3-9,16H,10-15H2,1-2H3,(H,23,27)(H,24,28). The number of anilines is 2. The van der Waals surface area contributed by atoms with E-state index in [9.17, 15) is 9.59 Å². The molecule has 2 aromatic carbocycles. The molecule has 0 saturated carbocycles. The molecule has 1 aliphatic heterocycles. The lowest BCUT2D eigenvalue weighted by atomic mass is 10.1. The zero-order chi connectivity index (χ0) is 19.9. The number of carbonyl (C=O) groups excluding carboxylic acids is 2. The fourth-order valence-corrected chi connectivity index (χ4v) is 3.33. The van der Waals surface area contributed by atoms with E-state index in [1.54, 1.807) is 0 Å². The Morgan fingerprint density at radius 3 is 2.36 bits per heavy atom. The highest BCUT2D eigenvalue weighted by molar-refractivity contribution is 6.39. The normalized spacial score (nSPS) is 14.6. The molecule has 0 spiro atoms. The van der Waals surface area contributed by atoms with Crippen molar-refractivity contribution < 1.29 is 9.59 Å². The Hall–Kier alpha value is -2.86. The van der Waals surface area contributed by atoms with Crippen LogP contribution < -0.4 is 15.5 Å². The zero-order valence-corrected chi connectivity index (χ0v) is 16.6. The summed E-state index contributed by atoms with van der Waals surface area (Å²) < 4.78 is 0. The van der Waals surface area contributed by atoms with Gasteiger partial charge in [-0.3, -0.25) is 14.5 Å². The van der Waals surface area contributed by atoms with Crippen LogP contribution in [0.5, 0.6) is 0 Å². The van der Waals surface area contributed by atoms with Crippen LogP contribution in [0.3, 0.4) is 0 Å². The predicted octanol–water partition coefficient (Wildman–Crippen LogP) is 2.18. The van der Waals surface area contributed by atoms with Crippen LogP contribution in [0.15, 0.2) is 48.5 Å². The second-order valence-corrected chi connectivity index (χ2v) is 7.19. The first-order valence-electron chi connectivity index (χ1n) is 9.72. The van der Waals surface area contributed by atoms with Gasteiger partial charge in [0.15, 0.2) is 0 Å². The molecule has 1 aliphatic rings. The monoisotopic (exact) mass is 380 g/mol. The Labute approximate surface area is 166 Å². The van der Waals surface area contributed by atoms with E-state index in [0.717, 1.165) is 43.9 Å². The summed E-state index contributed by atoms with van der Waals surface area (Å²) in [4.78, 5) is 28.9. The van der Waals surface area contributed by atoms with Gasteiger partial charge < -0.3 is 15.5 Å². The first-order valence-corrected chi connectivity index (χ1v) is 9.72. The van der Waals surface area contributed by atoms with Gasteiger partial charge in [0.2, 0.25) is 0 Å². The molecule has 1 saturated heterocycles. The smallest absolute Gasteiger partial charge is 0.313 e. The molecule has 0 radical (unpaired) electrons. The summed E-state index contributed by atoms with van der Waals surface area (Å²) in [6, 6.07) is 16.2. The number of carbonyl (C=O) groups is 2. The molecular formula is C22H28N4O2. The number of benzene rings is 2. The minimum Gasteiger partial charge on any atom is -0.369 e. The number of aryl methyl sites for hydroxylation is 2. The summed E-state index contributed by atoms with van der Waals surface area (Å²) in [6.45, 7) is 8.87. The maximum Gasteiger partial charge on any atom is 0.313 e. The topological polar surface area (TPSA) is 64.7 Å². The van der Waals surface area contributed by atoms with Gasteiger partial charge >= 0.3 is 11.8 Å². The van der Waals surface area contributed by atoms with Crippen molar-refractivity contribution in [3.05, 3.63) is 59.7 Å². The Balaban J connectivity index is 1.38. The van der Waals surface area contributed by atoms with Crippen LogP contribution in [-0.2, 0) is 9.59 Å². The summed E-state index contributed by atoms with van der Waals surface area (Å²) >= 11 is 0. The van der Waals surface area contributed by atoms with Crippen molar-refractivity contribution in [2.24, 2.45) is 0 Å². The fraction of sp³-hybridized carbons (Fsp3) is 0.364. The molecule has 0 aromatic heterocycles. The average Bonchev–Trinajstić information content (AvgIpc) is 2.72. The first-order chi connectivity index (χ1) is 13.5. The predicted molar refractivity (Wildman–Crippen MR) is 113 cm³/mol. The van der Waals surface area contributed by atoms with E-state index in [1.165, 1.54) is 5.69 Å². The summed E-state index contributed by atoms with van der Waals surface area (Å²) in [7, 11) is 0. The molecule has 1 fully saturated rings. The molecule has 2 amide bonds. The van der Waals surface area contributed by atoms with Crippen LogP contribution in [0.2, 0.25) is 0 Å². The van der Waals surface area contributed by atoms with Crippen molar-refractivity contribution in [3.8, 4) is 0 Å². The SMILES string of the molecule is Cc1ccc(C)c(NC(=O)C(=O)NCCN2CCN(c3ccccc3)CC2)c1. The molecular weight excluding hydrogens is 352 g/mol. The van der Waals surface area contributed by atoms with Crippen molar-refractivity contribution in [2.75, 3.05) is 49.5 Å². The van der Waals surface area contributed by atoms with E-state index < -0.39 is 11.8 Å². The van der Waals surface area contributed by atoms with Crippen molar-refractivity contribution in [1.82, 2.24) is 10.2 Å². The quantitative estimate of drug-likeness (QED) is 0.781. The molecule has 0 aliphatic carbocycles. The molecule has 3 rings (SSSR count). The number of nitrogens with zero attached hydrogens (tertiary/aromatic N) is 2. The third-order valence-electron chi connectivity index (χ3n) is 5.05. The van der Waals surface area contributed by atoms with E-state index in [2.05, 4.69) is 44.7 Å². The average molecular weight is 380 g/mol. The van der Waals surface area contributed by atoms with Gasteiger partial charge in [-0.2, -0.15) is 0 Å². The molecule has 0 bridgehead atoms. The summed E-state index contributed by atoms with van der Waals surface area (Å²) in [5.74, 6) is -1.22. The number of para-hydroxylation sites is 1. The van der Waals surface area contributed by atoms with Crippen LogP contribution in [0.4, 0.5) is 11.4 Å². The van der Waals surface area contributed by atoms with Gasteiger partial charge in [-0.05, 0) is 43.2 Å². The largest absolute Gasteiger partial charge is 0.369 e. The van der Waals surface area contributed by atoms with E-state index >= 15 is 0 Å². The number of hydrogen-bond donors (Lipinski definition) is 2. The van der Waals surface area contributed by atoms with E-state index in [4.69, 9.17) is 0 Å². The third kappa shape index (κ3) is 5.33. The molecule has 1 heterocycles. The number of nitrogens with one attached hydrogen (secondary N) is 2. The van der Waals surface area contributed by atoms with Crippen molar-refractivity contribution in [1.29, 1.82) is 0 Å². The highest BCUT2D eigenvalue weighted by Crippen LogP contribution is 2.16. The van der Waals surface area contributed by atoms with Crippen LogP contribution in [0.25, 0.3) is 0 Å². The Morgan fingerprint density at radius 2 is 1.64 bits per heavy atom. The molecule has 2 aromatic rings. The lowest BCUT2D eigenvalue weighted by molar-refractivity contribution is -0.136. The summed E-state index contributed by atoms with van der Waals surface area (Å²) in [5.41, 5.74) is 3.90. The Kier molecular flexibility index (Phi) is 6.66. The van der Waals surface area contributed by atoms with Crippen molar-refractivity contribution in [2.45, 2.75) is 13.8 Å². The van der Waals surface area contributed by atoms with E-state index in [0.29, 0.717) is 12.2 Å². The molecule has 0 atom stereocenters. The van der Waals surface area contributed by atoms with Gasteiger partial charge in [-0.15, -0.1) is 0 Å².